The molecule has 1 aromatic heterocycles. The quantitative estimate of drug-likeness (QED) is 0.256. The summed E-state index contributed by atoms with van der Waals surface area (Å²) in [5.41, 5.74) is 0.681. The number of aromatic nitrogens is 3. The summed E-state index contributed by atoms with van der Waals surface area (Å²) in [6.07, 6.45) is -0.310. The Kier molecular flexibility index (Phi) is 8.15. The molecule has 6 nitrogen and oxygen atoms in total. The van der Waals surface area contributed by atoms with E-state index in [1.54, 1.807) is 7.11 Å². The van der Waals surface area contributed by atoms with E-state index in [4.69, 9.17) is 9.47 Å². The fourth-order valence-electron chi connectivity index (χ4n) is 3.02. The van der Waals surface area contributed by atoms with Gasteiger partial charge in [0.2, 0.25) is 0 Å². The third kappa shape index (κ3) is 6.33. The fraction of sp³-hybridized carbons (Fsp3) is 0.348. The number of ketones is 1. The first-order valence-electron chi connectivity index (χ1n) is 10.0. The van der Waals surface area contributed by atoms with Crippen LogP contribution in [-0.4, -0.2) is 33.4 Å². The van der Waals surface area contributed by atoms with Crippen LogP contribution in [0, 0.1) is 5.92 Å². The number of hydrogen-bond acceptors (Lipinski definition) is 6. The Hall–Kier alpha value is -2.32. The zero-order valence-electron chi connectivity index (χ0n) is 18.0. The summed E-state index contributed by atoms with van der Waals surface area (Å²) in [5.74, 6) is 2.90. The SMILES string of the molecule is COc1cccc(OC(C)c2nnc(SCC(=O)c3ccc(Br)cc3)n2CC(C)C)c1. The number of methoxy groups -OCH3 is 1. The Morgan fingerprint density at radius 3 is 2.48 bits per heavy atom. The van der Waals surface area contributed by atoms with Crippen LogP contribution in [0.1, 0.15) is 43.1 Å². The number of Topliss-reactive ketones (excluding diaryl/α,β-unsaturated/α-hetero) is 1. The molecule has 3 rings (SSSR count). The van der Waals surface area contributed by atoms with Crippen molar-refractivity contribution in [3.63, 3.8) is 0 Å². The van der Waals surface area contributed by atoms with Crippen molar-refractivity contribution in [2.45, 2.75) is 38.6 Å². The van der Waals surface area contributed by atoms with Crippen molar-refractivity contribution in [3.8, 4) is 11.5 Å². The van der Waals surface area contributed by atoms with Gasteiger partial charge in [0, 0.05) is 22.6 Å². The van der Waals surface area contributed by atoms with E-state index in [-0.39, 0.29) is 11.9 Å². The highest BCUT2D eigenvalue weighted by molar-refractivity contribution is 9.10. The molecule has 0 saturated carbocycles. The monoisotopic (exact) mass is 503 g/mol. The average Bonchev–Trinajstić information content (AvgIpc) is 3.14. The van der Waals surface area contributed by atoms with Crippen LogP contribution in [0.5, 0.6) is 11.5 Å². The molecule has 1 atom stereocenters. The lowest BCUT2D eigenvalue weighted by atomic mass is 10.2. The smallest absolute Gasteiger partial charge is 0.191 e. The van der Waals surface area contributed by atoms with Gasteiger partial charge in [0.1, 0.15) is 11.5 Å². The van der Waals surface area contributed by atoms with Gasteiger partial charge in [-0.05, 0) is 37.1 Å². The van der Waals surface area contributed by atoms with Crippen LogP contribution in [0.4, 0.5) is 0 Å². The van der Waals surface area contributed by atoms with E-state index in [2.05, 4.69) is 44.5 Å². The van der Waals surface area contributed by atoms with E-state index >= 15 is 0 Å². The maximum absolute atomic E-state index is 12.6. The molecule has 3 aromatic rings. The molecule has 8 heteroatoms. The first kappa shape index (κ1) is 23.3. The summed E-state index contributed by atoms with van der Waals surface area (Å²) >= 11 is 4.79. The minimum absolute atomic E-state index is 0.0545. The lowest BCUT2D eigenvalue weighted by Crippen LogP contribution is -2.15. The van der Waals surface area contributed by atoms with Crippen molar-refractivity contribution in [1.29, 1.82) is 0 Å². The summed E-state index contributed by atoms with van der Waals surface area (Å²) in [4.78, 5) is 12.6. The van der Waals surface area contributed by atoms with Crippen molar-refractivity contribution < 1.29 is 14.3 Å². The minimum Gasteiger partial charge on any atom is -0.497 e. The number of carbonyl (C=O) groups is 1. The Morgan fingerprint density at radius 1 is 1.10 bits per heavy atom. The van der Waals surface area contributed by atoms with Crippen LogP contribution in [0.25, 0.3) is 0 Å². The van der Waals surface area contributed by atoms with Gasteiger partial charge in [-0.1, -0.05) is 59.7 Å². The summed E-state index contributed by atoms with van der Waals surface area (Å²) in [7, 11) is 1.63. The Labute approximate surface area is 195 Å². The number of benzene rings is 2. The zero-order chi connectivity index (χ0) is 22.4. The van der Waals surface area contributed by atoms with Crippen LogP contribution in [0.15, 0.2) is 58.2 Å². The number of ether oxygens (including phenoxy) is 2. The molecule has 0 aliphatic rings. The number of thioether (sulfide) groups is 1. The topological polar surface area (TPSA) is 66.2 Å². The van der Waals surface area contributed by atoms with Gasteiger partial charge < -0.3 is 14.0 Å². The normalized spacial score (nSPS) is 12.1. The molecule has 0 N–H and O–H groups in total. The van der Waals surface area contributed by atoms with Crippen molar-refractivity contribution in [2.24, 2.45) is 5.92 Å². The maximum atomic E-state index is 12.6. The van der Waals surface area contributed by atoms with Gasteiger partial charge in [-0.3, -0.25) is 4.79 Å². The highest BCUT2D eigenvalue weighted by Gasteiger charge is 2.21. The van der Waals surface area contributed by atoms with Crippen molar-refractivity contribution in [1.82, 2.24) is 14.8 Å². The lowest BCUT2D eigenvalue weighted by molar-refractivity contribution is 0.102. The predicted molar refractivity (Wildman–Crippen MR) is 126 cm³/mol. The van der Waals surface area contributed by atoms with Crippen LogP contribution in [0.3, 0.4) is 0 Å². The van der Waals surface area contributed by atoms with Crippen LogP contribution in [-0.2, 0) is 6.54 Å². The summed E-state index contributed by atoms with van der Waals surface area (Å²) in [6.45, 7) is 6.96. The molecule has 0 spiro atoms. The van der Waals surface area contributed by atoms with Gasteiger partial charge in [0.05, 0.1) is 12.9 Å². The molecular weight excluding hydrogens is 478 g/mol. The molecule has 0 saturated heterocycles. The van der Waals surface area contributed by atoms with Gasteiger partial charge in [0.25, 0.3) is 0 Å². The molecule has 1 heterocycles. The molecule has 164 valence electrons. The van der Waals surface area contributed by atoms with E-state index in [1.807, 2.05) is 55.5 Å². The molecule has 2 aromatic carbocycles. The first-order valence-corrected chi connectivity index (χ1v) is 11.8. The molecule has 0 aliphatic carbocycles. The van der Waals surface area contributed by atoms with Crippen LogP contribution < -0.4 is 9.47 Å². The van der Waals surface area contributed by atoms with Gasteiger partial charge in [-0.15, -0.1) is 10.2 Å². The highest BCUT2D eigenvalue weighted by Crippen LogP contribution is 2.28. The summed E-state index contributed by atoms with van der Waals surface area (Å²) in [5, 5.41) is 9.46. The number of hydrogen-bond donors (Lipinski definition) is 0. The Balaban J connectivity index is 1.75. The second kappa shape index (κ2) is 10.8. The average molecular weight is 504 g/mol. The van der Waals surface area contributed by atoms with Crippen molar-refractivity contribution >= 4 is 33.5 Å². The van der Waals surface area contributed by atoms with Crippen LogP contribution >= 0.6 is 27.7 Å². The summed E-state index contributed by atoms with van der Waals surface area (Å²) in [6, 6.07) is 14.9. The molecule has 0 aliphatic heterocycles. The van der Waals surface area contributed by atoms with E-state index < -0.39 is 0 Å². The van der Waals surface area contributed by atoms with E-state index in [9.17, 15) is 4.79 Å². The molecular formula is C23H26BrN3O3S. The van der Waals surface area contributed by atoms with Crippen molar-refractivity contribution in [3.05, 3.63) is 64.4 Å². The number of halogens is 1. The maximum Gasteiger partial charge on any atom is 0.191 e. The molecule has 0 bridgehead atoms. The van der Waals surface area contributed by atoms with Crippen molar-refractivity contribution in [2.75, 3.05) is 12.9 Å². The highest BCUT2D eigenvalue weighted by atomic mass is 79.9. The Morgan fingerprint density at radius 2 is 1.81 bits per heavy atom. The second-order valence-electron chi connectivity index (χ2n) is 7.50. The van der Waals surface area contributed by atoms with Crippen LogP contribution in [0.2, 0.25) is 0 Å². The van der Waals surface area contributed by atoms with Gasteiger partial charge in [-0.2, -0.15) is 0 Å². The number of rotatable bonds is 10. The molecule has 0 fully saturated rings. The third-order valence-electron chi connectivity index (χ3n) is 4.51. The minimum atomic E-state index is -0.310. The Bertz CT molecular complexity index is 1020. The lowest BCUT2D eigenvalue weighted by Gasteiger charge is -2.18. The summed E-state index contributed by atoms with van der Waals surface area (Å²) < 4.78 is 14.4. The third-order valence-corrected chi connectivity index (χ3v) is 6.00. The van der Waals surface area contributed by atoms with Gasteiger partial charge in [0.15, 0.2) is 22.9 Å². The van der Waals surface area contributed by atoms with Gasteiger partial charge >= 0.3 is 0 Å². The standard InChI is InChI=1S/C23H26BrN3O3S/c1-15(2)13-27-22(16(3)30-20-7-5-6-19(12-20)29-4)25-26-23(27)31-14-21(28)17-8-10-18(24)11-9-17/h5-12,15-16H,13-14H2,1-4H3. The van der Waals surface area contributed by atoms with E-state index in [1.165, 1.54) is 11.8 Å². The predicted octanol–water partition coefficient (Wildman–Crippen LogP) is 5.82. The van der Waals surface area contributed by atoms with Gasteiger partial charge in [-0.25, -0.2) is 0 Å². The molecule has 0 radical (unpaired) electrons. The molecule has 1 unspecified atom stereocenters. The first-order chi connectivity index (χ1) is 14.9. The largest absolute Gasteiger partial charge is 0.497 e. The fourth-order valence-corrected chi connectivity index (χ4v) is 4.14. The molecule has 0 amide bonds. The molecule has 31 heavy (non-hydrogen) atoms. The number of carbonyl (C=O) groups excluding carboxylic acids is 1. The van der Waals surface area contributed by atoms with E-state index in [0.717, 1.165) is 27.7 Å². The number of nitrogens with zero attached hydrogens (tertiary/aromatic N) is 3. The second-order valence-corrected chi connectivity index (χ2v) is 9.36. The van der Waals surface area contributed by atoms with E-state index in [0.29, 0.717) is 23.0 Å². The zero-order valence-corrected chi connectivity index (χ0v) is 20.4.